The van der Waals surface area contributed by atoms with Crippen LogP contribution in [0.2, 0.25) is 0 Å². The molecule has 21 heavy (non-hydrogen) atoms. The number of hydrogen-bond acceptors (Lipinski definition) is 5. The second-order valence-corrected chi connectivity index (χ2v) is 5.21. The molecule has 112 valence electrons. The Morgan fingerprint density at radius 3 is 2.52 bits per heavy atom. The molecule has 0 bridgehead atoms. The molecule has 7 nitrogen and oxygen atoms in total. The van der Waals surface area contributed by atoms with Crippen molar-refractivity contribution in [1.29, 1.82) is 0 Å². The van der Waals surface area contributed by atoms with Gasteiger partial charge in [-0.05, 0) is 18.9 Å². The van der Waals surface area contributed by atoms with Crippen LogP contribution in [0.4, 0.5) is 5.69 Å². The highest BCUT2D eigenvalue weighted by Gasteiger charge is 2.26. The normalized spacial score (nSPS) is 15.5. The van der Waals surface area contributed by atoms with Gasteiger partial charge in [-0.25, -0.2) is 0 Å². The zero-order valence-corrected chi connectivity index (χ0v) is 11.5. The Bertz CT molecular complexity index is 543. The van der Waals surface area contributed by atoms with Gasteiger partial charge in [-0.15, -0.1) is 0 Å². The highest BCUT2D eigenvalue weighted by molar-refractivity contribution is 6.60. The van der Waals surface area contributed by atoms with Gasteiger partial charge < -0.3 is 15.4 Å². The van der Waals surface area contributed by atoms with E-state index in [9.17, 15) is 14.9 Å². The van der Waals surface area contributed by atoms with Gasteiger partial charge in [-0.3, -0.25) is 14.9 Å². The molecule has 0 unspecified atom stereocenters. The molecule has 1 aliphatic rings. The van der Waals surface area contributed by atoms with Crippen molar-refractivity contribution < 1.29 is 19.8 Å². The van der Waals surface area contributed by atoms with E-state index in [0.717, 1.165) is 31.7 Å². The van der Waals surface area contributed by atoms with E-state index in [0.29, 0.717) is 0 Å². The van der Waals surface area contributed by atoms with E-state index in [4.69, 9.17) is 10.0 Å². The van der Waals surface area contributed by atoms with Crippen molar-refractivity contribution >= 4 is 24.2 Å². The predicted octanol–water partition coefficient (Wildman–Crippen LogP) is 0.337. The zero-order chi connectivity index (χ0) is 15.4. The number of nitro groups is 1. The van der Waals surface area contributed by atoms with Crippen LogP contribution >= 0.6 is 0 Å². The number of carbonyl (C=O) groups excluding carboxylic acids is 1. The first-order valence-electron chi connectivity index (χ1n) is 6.94. The van der Waals surface area contributed by atoms with E-state index in [-0.39, 0.29) is 23.0 Å². The number of carbonyl (C=O) groups is 1. The third-order valence-corrected chi connectivity index (χ3v) is 3.71. The number of nitrogens with zero attached hydrogens (tertiary/aromatic N) is 1. The first-order chi connectivity index (χ1) is 9.99. The first kappa shape index (κ1) is 15.5. The molecule has 1 saturated carbocycles. The van der Waals surface area contributed by atoms with Gasteiger partial charge in [0, 0.05) is 17.7 Å². The third kappa shape index (κ3) is 3.80. The standard InChI is InChI=1S/C13H17BN2O5/c17-13(15-10-4-2-1-3-5-10)9-6-7-11(14(18)19)12(8-9)16(20)21/h6-8,10,18-19H,1-5H2,(H,15,17). The number of nitrogens with one attached hydrogen (secondary N) is 1. The van der Waals surface area contributed by atoms with Crippen LogP contribution in [0.1, 0.15) is 42.5 Å². The molecule has 0 heterocycles. The molecule has 1 amide bonds. The van der Waals surface area contributed by atoms with E-state index in [1.165, 1.54) is 18.6 Å². The minimum Gasteiger partial charge on any atom is -0.423 e. The third-order valence-electron chi connectivity index (χ3n) is 3.71. The van der Waals surface area contributed by atoms with E-state index in [1.807, 2.05) is 0 Å². The van der Waals surface area contributed by atoms with Crippen molar-refractivity contribution in [3.63, 3.8) is 0 Å². The fourth-order valence-corrected chi connectivity index (χ4v) is 2.58. The molecule has 3 N–H and O–H groups in total. The molecule has 0 aromatic heterocycles. The van der Waals surface area contributed by atoms with Gasteiger partial charge in [-0.1, -0.05) is 25.3 Å². The summed E-state index contributed by atoms with van der Waals surface area (Å²) in [6, 6.07) is 3.74. The number of benzene rings is 1. The molecule has 1 aromatic carbocycles. The summed E-state index contributed by atoms with van der Waals surface area (Å²) in [6.45, 7) is 0. The number of nitro benzene ring substituents is 1. The summed E-state index contributed by atoms with van der Waals surface area (Å²) in [5.74, 6) is -0.371. The first-order valence-corrected chi connectivity index (χ1v) is 6.94. The Balaban J connectivity index is 2.17. The second kappa shape index (κ2) is 6.69. The largest absolute Gasteiger partial charge is 0.495 e. The maximum atomic E-state index is 12.1. The molecular weight excluding hydrogens is 275 g/mol. The van der Waals surface area contributed by atoms with Gasteiger partial charge >= 0.3 is 7.12 Å². The topological polar surface area (TPSA) is 113 Å². The Morgan fingerprint density at radius 2 is 1.95 bits per heavy atom. The molecule has 0 radical (unpaired) electrons. The van der Waals surface area contributed by atoms with Crippen LogP contribution in [0.15, 0.2) is 18.2 Å². The van der Waals surface area contributed by atoms with Crippen LogP contribution in [0.25, 0.3) is 0 Å². The fraction of sp³-hybridized carbons (Fsp3) is 0.462. The lowest BCUT2D eigenvalue weighted by Gasteiger charge is -2.22. The smallest absolute Gasteiger partial charge is 0.423 e. The molecule has 0 atom stereocenters. The fourth-order valence-electron chi connectivity index (χ4n) is 2.58. The van der Waals surface area contributed by atoms with E-state index in [1.54, 1.807) is 0 Å². The quantitative estimate of drug-likeness (QED) is 0.420. The van der Waals surface area contributed by atoms with Crippen LogP contribution in [0.3, 0.4) is 0 Å². The zero-order valence-electron chi connectivity index (χ0n) is 11.5. The van der Waals surface area contributed by atoms with Crippen molar-refractivity contribution in [3.05, 3.63) is 33.9 Å². The predicted molar refractivity (Wildman–Crippen MR) is 77.3 cm³/mol. The highest BCUT2D eigenvalue weighted by Crippen LogP contribution is 2.18. The lowest BCUT2D eigenvalue weighted by atomic mass is 9.78. The van der Waals surface area contributed by atoms with Gasteiger partial charge in [-0.2, -0.15) is 0 Å². The molecule has 0 spiro atoms. The lowest BCUT2D eigenvalue weighted by Crippen LogP contribution is -2.37. The SMILES string of the molecule is O=C(NC1CCCCC1)c1ccc(B(O)O)c([N+](=O)[O-])c1. The Hall–Kier alpha value is -1.93. The summed E-state index contributed by atoms with van der Waals surface area (Å²) in [5.41, 5.74) is -0.549. The van der Waals surface area contributed by atoms with Crippen LogP contribution in [-0.4, -0.2) is 34.0 Å². The Labute approximate surface area is 122 Å². The minimum absolute atomic E-state index is 0.105. The summed E-state index contributed by atoms with van der Waals surface area (Å²) in [4.78, 5) is 22.3. The van der Waals surface area contributed by atoms with Gasteiger partial charge in [0.2, 0.25) is 0 Å². The monoisotopic (exact) mass is 292 g/mol. The van der Waals surface area contributed by atoms with Crippen molar-refractivity contribution in [3.8, 4) is 0 Å². The molecule has 1 aromatic rings. The second-order valence-electron chi connectivity index (χ2n) is 5.21. The summed E-state index contributed by atoms with van der Waals surface area (Å²) < 4.78 is 0. The number of hydrogen-bond donors (Lipinski definition) is 3. The average molecular weight is 292 g/mol. The van der Waals surface area contributed by atoms with Crippen molar-refractivity contribution in [1.82, 2.24) is 5.32 Å². The van der Waals surface area contributed by atoms with E-state index < -0.39 is 17.7 Å². The van der Waals surface area contributed by atoms with Crippen LogP contribution in [0, 0.1) is 10.1 Å². The minimum atomic E-state index is -1.94. The van der Waals surface area contributed by atoms with Crippen LogP contribution in [-0.2, 0) is 0 Å². The van der Waals surface area contributed by atoms with Crippen LogP contribution < -0.4 is 10.8 Å². The lowest BCUT2D eigenvalue weighted by molar-refractivity contribution is -0.383. The maximum Gasteiger partial charge on any atom is 0.495 e. The van der Waals surface area contributed by atoms with Crippen molar-refractivity contribution in [2.45, 2.75) is 38.1 Å². The molecular formula is C13H17BN2O5. The molecule has 2 rings (SSSR count). The number of amides is 1. The molecule has 1 fully saturated rings. The molecule has 1 aliphatic carbocycles. The Morgan fingerprint density at radius 1 is 1.29 bits per heavy atom. The van der Waals surface area contributed by atoms with Gasteiger partial charge in [0.25, 0.3) is 11.6 Å². The van der Waals surface area contributed by atoms with Crippen molar-refractivity contribution in [2.24, 2.45) is 0 Å². The maximum absolute atomic E-state index is 12.1. The number of rotatable bonds is 4. The van der Waals surface area contributed by atoms with Crippen molar-refractivity contribution in [2.75, 3.05) is 0 Å². The van der Waals surface area contributed by atoms with E-state index in [2.05, 4.69) is 5.32 Å². The summed E-state index contributed by atoms with van der Waals surface area (Å²) in [5, 5.41) is 32.0. The Kier molecular flexibility index (Phi) is 4.92. The average Bonchev–Trinajstić information content (AvgIpc) is 2.47. The van der Waals surface area contributed by atoms with Crippen LogP contribution in [0.5, 0.6) is 0 Å². The van der Waals surface area contributed by atoms with Gasteiger partial charge in [0.05, 0.1) is 10.4 Å². The molecule has 0 saturated heterocycles. The van der Waals surface area contributed by atoms with E-state index >= 15 is 0 Å². The van der Waals surface area contributed by atoms with Gasteiger partial charge in [0.1, 0.15) is 0 Å². The highest BCUT2D eigenvalue weighted by atomic mass is 16.6. The summed E-state index contributed by atoms with van der Waals surface area (Å²) in [6.07, 6.45) is 5.14. The molecule has 0 aliphatic heterocycles. The molecule has 8 heteroatoms. The summed E-state index contributed by atoms with van der Waals surface area (Å²) >= 11 is 0. The summed E-state index contributed by atoms with van der Waals surface area (Å²) in [7, 11) is -1.94. The van der Waals surface area contributed by atoms with Gasteiger partial charge in [0.15, 0.2) is 0 Å².